The van der Waals surface area contributed by atoms with Gasteiger partial charge in [0.2, 0.25) is 0 Å². The van der Waals surface area contributed by atoms with Crippen LogP contribution in [0.2, 0.25) is 0 Å². The Morgan fingerprint density at radius 3 is 3.18 bits per heavy atom. The third kappa shape index (κ3) is 2.25. The molecule has 17 heavy (non-hydrogen) atoms. The number of benzene rings is 1. The topological polar surface area (TPSA) is 38.5 Å². The minimum absolute atomic E-state index is 0.697. The molecule has 2 aliphatic heterocycles. The number of hydrogen-bond donors (Lipinski definition) is 1. The molecular weight excluding hydrogens is 212 g/mol. The molecule has 0 spiro atoms. The van der Waals surface area contributed by atoms with E-state index in [2.05, 4.69) is 17.0 Å². The van der Waals surface area contributed by atoms with Crippen molar-refractivity contribution in [3.05, 3.63) is 23.8 Å². The average Bonchev–Trinajstić information content (AvgIpc) is 2.83. The lowest BCUT2D eigenvalue weighted by Gasteiger charge is -2.33. The number of nitrogens with two attached hydrogens (primary N) is 1. The summed E-state index contributed by atoms with van der Waals surface area (Å²) in [4.78, 5) is 2.49. The highest BCUT2D eigenvalue weighted by molar-refractivity contribution is 5.62. The first-order valence-corrected chi connectivity index (χ1v) is 6.54. The van der Waals surface area contributed by atoms with Gasteiger partial charge in [-0.25, -0.2) is 0 Å². The number of anilines is 2. The Morgan fingerprint density at radius 2 is 2.35 bits per heavy atom. The van der Waals surface area contributed by atoms with Crippen LogP contribution in [0.3, 0.4) is 0 Å². The third-order valence-electron chi connectivity index (χ3n) is 3.83. The number of aryl methyl sites for hydroxylation is 1. The zero-order valence-electron chi connectivity index (χ0n) is 10.2. The molecule has 0 aliphatic carbocycles. The molecule has 1 atom stereocenters. The summed E-state index contributed by atoms with van der Waals surface area (Å²) in [5, 5.41) is 0. The highest BCUT2D eigenvalue weighted by Crippen LogP contribution is 2.30. The molecule has 0 radical (unpaired) electrons. The third-order valence-corrected chi connectivity index (χ3v) is 3.83. The summed E-state index contributed by atoms with van der Waals surface area (Å²) < 4.78 is 5.46. The quantitative estimate of drug-likeness (QED) is 0.793. The number of rotatable bonds is 2. The summed E-state index contributed by atoms with van der Waals surface area (Å²) >= 11 is 0. The normalized spacial score (nSPS) is 23.8. The van der Waals surface area contributed by atoms with Crippen LogP contribution < -0.4 is 10.6 Å². The van der Waals surface area contributed by atoms with E-state index in [1.165, 1.54) is 30.5 Å². The molecule has 0 saturated carbocycles. The summed E-state index contributed by atoms with van der Waals surface area (Å²) in [6, 6.07) is 6.33. The van der Waals surface area contributed by atoms with E-state index in [0.29, 0.717) is 5.92 Å². The molecule has 1 aromatic carbocycles. The lowest BCUT2D eigenvalue weighted by Crippen LogP contribution is -2.34. The Balaban J connectivity index is 1.80. The Morgan fingerprint density at radius 1 is 1.41 bits per heavy atom. The van der Waals surface area contributed by atoms with Crippen molar-refractivity contribution in [1.29, 1.82) is 0 Å². The first-order chi connectivity index (χ1) is 8.33. The zero-order valence-corrected chi connectivity index (χ0v) is 10.2. The molecule has 92 valence electrons. The number of nitrogens with zero attached hydrogens (tertiary/aromatic N) is 1. The van der Waals surface area contributed by atoms with Crippen molar-refractivity contribution >= 4 is 11.4 Å². The van der Waals surface area contributed by atoms with Gasteiger partial charge in [0.1, 0.15) is 0 Å². The maximum Gasteiger partial charge on any atom is 0.0512 e. The van der Waals surface area contributed by atoms with Gasteiger partial charge in [0.25, 0.3) is 0 Å². The molecule has 1 saturated heterocycles. The Labute approximate surface area is 103 Å². The lowest BCUT2D eigenvalue weighted by molar-refractivity contribution is 0.186. The van der Waals surface area contributed by atoms with Gasteiger partial charge < -0.3 is 15.4 Å². The van der Waals surface area contributed by atoms with Crippen LogP contribution >= 0.6 is 0 Å². The molecule has 1 unspecified atom stereocenters. The largest absolute Gasteiger partial charge is 0.399 e. The molecule has 1 aromatic rings. The maximum atomic E-state index is 5.90. The average molecular weight is 232 g/mol. The number of fused-ring (bicyclic) bond motifs is 1. The van der Waals surface area contributed by atoms with Gasteiger partial charge in [-0.2, -0.15) is 0 Å². The van der Waals surface area contributed by atoms with E-state index in [0.717, 1.165) is 32.0 Å². The van der Waals surface area contributed by atoms with E-state index in [1.54, 1.807) is 0 Å². The number of nitrogen functional groups attached to an aromatic ring is 1. The van der Waals surface area contributed by atoms with Gasteiger partial charge in [-0.05, 0) is 37.0 Å². The molecule has 0 aromatic heterocycles. The molecule has 2 N–H and O–H groups in total. The van der Waals surface area contributed by atoms with Crippen molar-refractivity contribution in [2.45, 2.75) is 19.3 Å². The van der Waals surface area contributed by atoms with Crippen molar-refractivity contribution in [3.8, 4) is 0 Å². The van der Waals surface area contributed by atoms with E-state index in [-0.39, 0.29) is 0 Å². The van der Waals surface area contributed by atoms with E-state index in [1.807, 2.05) is 6.07 Å². The minimum Gasteiger partial charge on any atom is -0.399 e. The van der Waals surface area contributed by atoms with Gasteiger partial charge in [-0.1, -0.05) is 6.07 Å². The van der Waals surface area contributed by atoms with Crippen LogP contribution in [0.5, 0.6) is 0 Å². The second-order valence-electron chi connectivity index (χ2n) is 5.17. The van der Waals surface area contributed by atoms with E-state index in [9.17, 15) is 0 Å². The first kappa shape index (κ1) is 10.9. The lowest BCUT2D eigenvalue weighted by atomic mass is 9.99. The van der Waals surface area contributed by atoms with Gasteiger partial charge in [0, 0.05) is 37.0 Å². The Hall–Kier alpha value is -1.22. The van der Waals surface area contributed by atoms with Crippen molar-refractivity contribution in [2.24, 2.45) is 5.92 Å². The predicted molar refractivity (Wildman–Crippen MR) is 70.3 cm³/mol. The molecule has 0 bridgehead atoms. The second-order valence-corrected chi connectivity index (χ2v) is 5.17. The maximum absolute atomic E-state index is 5.90. The molecule has 1 fully saturated rings. The van der Waals surface area contributed by atoms with Crippen LogP contribution in [0.1, 0.15) is 18.4 Å². The Bertz CT molecular complexity index is 399. The second kappa shape index (κ2) is 4.57. The van der Waals surface area contributed by atoms with Crippen LogP contribution in [0.4, 0.5) is 11.4 Å². The highest BCUT2D eigenvalue weighted by Gasteiger charge is 2.23. The number of ether oxygens (including phenoxy) is 1. The van der Waals surface area contributed by atoms with Crippen molar-refractivity contribution in [1.82, 2.24) is 0 Å². The van der Waals surface area contributed by atoms with Gasteiger partial charge in [-0.15, -0.1) is 0 Å². The van der Waals surface area contributed by atoms with Crippen LogP contribution in [-0.2, 0) is 11.2 Å². The molecule has 3 nitrogen and oxygen atoms in total. The highest BCUT2D eigenvalue weighted by atomic mass is 16.5. The monoisotopic (exact) mass is 232 g/mol. The number of hydrogen-bond acceptors (Lipinski definition) is 3. The van der Waals surface area contributed by atoms with Gasteiger partial charge in [0.05, 0.1) is 6.61 Å². The van der Waals surface area contributed by atoms with Crippen molar-refractivity contribution in [3.63, 3.8) is 0 Å². The molecule has 3 heteroatoms. The summed E-state index contributed by atoms with van der Waals surface area (Å²) in [5.41, 5.74) is 9.57. The van der Waals surface area contributed by atoms with E-state index < -0.39 is 0 Å². The molecule has 3 rings (SSSR count). The van der Waals surface area contributed by atoms with Gasteiger partial charge in [-0.3, -0.25) is 0 Å². The van der Waals surface area contributed by atoms with Crippen LogP contribution in [0, 0.1) is 5.92 Å². The van der Waals surface area contributed by atoms with Gasteiger partial charge >= 0.3 is 0 Å². The fraction of sp³-hybridized carbons (Fsp3) is 0.571. The molecular formula is C14H20N2O. The fourth-order valence-electron chi connectivity index (χ4n) is 2.90. The molecule has 2 heterocycles. The van der Waals surface area contributed by atoms with Crippen LogP contribution in [0.15, 0.2) is 18.2 Å². The first-order valence-electron chi connectivity index (χ1n) is 6.54. The fourth-order valence-corrected chi connectivity index (χ4v) is 2.90. The smallest absolute Gasteiger partial charge is 0.0512 e. The SMILES string of the molecule is Nc1ccc2c(c1)N(CC1CCOC1)CCC2. The zero-order chi connectivity index (χ0) is 11.7. The summed E-state index contributed by atoms with van der Waals surface area (Å²) in [6.45, 7) is 4.14. The summed E-state index contributed by atoms with van der Waals surface area (Å²) in [5.74, 6) is 0.697. The standard InChI is InChI=1S/C14H20N2O/c15-13-4-3-12-2-1-6-16(14(12)8-13)9-11-5-7-17-10-11/h3-4,8,11H,1-2,5-7,9-10,15H2. The van der Waals surface area contributed by atoms with E-state index >= 15 is 0 Å². The molecule has 0 amide bonds. The Kier molecular flexibility index (Phi) is 2.93. The van der Waals surface area contributed by atoms with Crippen molar-refractivity contribution in [2.75, 3.05) is 36.9 Å². The summed E-state index contributed by atoms with van der Waals surface area (Å²) in [7, 11) is 0. The summed E-state index contributed by atoms with van der Waals surface area (Å²) in [6.07, 6.45) is 3.64. The minimum atomic E-state index is 0.697. The van der Waals surface area contributed by atoms with E-state index in [4.69, 9.17) is 10.5 Å². The van der Waals surface area contributed by atoms with Crippen molar-refractivity contribution < 1.29 is 4.74 Å². The van der Waals surface area contributed by atoms with Gasteiger partial charge in [0.15, 0.2) is 0 Å². The van der Waals surface area contributed by atoms with Crippen LogP contribution in [-0.4, -0.2) is 26.3 Å². The van der Waals surface area contributed by atoms with Crippen LogP contribution in [0.25, 0.3) is 0 Å². The molecule has 2 aliphatic rings. The predicted octanol–water partition coefficient (Wildman–Crippen LogP) is 2.06.